The number of nitrogens with zero attached hydrogens (tertiary/aromatic N) is 2. The molecule has 0 N–H and O–H groups in total. The van der Waals surface area contributed by atoms with E-state index in [-0.39, 0.29) is 5.91 Å². The van der Waals surface area contributed by atoms with E-state index in [2.05, 4.69) is 4.85 Å². The average molecular weight is 242 g/mol. The molecule has 1 fully saturated rings. The van der Waals surface area contributed by atoms with Crippen molar-refractivity contribution < 1.29 is 9.53 Å². The van der Waals surface area contributed by atoms with Crippen LogP contribution < -0.4 is 0 Å². The van der Waals surface area contributed by atoms with E-state index in [1.807, 2.05) is 12.1 Å². The van der Waals surface area contributed by atoms with Crippen LogP contribution in [0.3, 0.4) is 0 Å². The van der Waals surface area contributed by atoms with Gasteiger partial charge in [-0.3, -0.25) is 4.79 Å². The van der Waals surface area contributed by atoms with Crippen LogP contribution in [-0.2, 0) is 9.53 Å². The molecule has 1 amide bonds. The molecule has 1 aliphatic heterocycles. The normalized spacial score (nSPS) is 15.6. The molecular weight excluding hydrogens is 228 g/mol. The zero-order chi connectivity index (χ0) is 12.8. The minimum atomic E-state index is 0.00700. The SMILES string of the molecule is [C-]#[N+]c1ccc(/C=C/C(=O)N2CCOCC2)cc1. The standard InChI is InChI=1S/C14H14N2O2/c1-15-13-5-2-12(3-6-13)4-7-14(17)16-8-10-18-11-9-16/h2-7H,8-11H2/b7-4+. The Kier molecular flexibility index (Phi) is 4.11. The summed E-state index contributed by atoms with van der Waals surface area (Å²) in [5, 5.41) is 0. The molecule has 0 saturated carbocycles. The van der Waals surface area contributed by atoms with Crippen molar-refractivity contribution in [3.63, 3.8) is 0 Å². The number of benzene rings is 1. The second kappa shape index (κ2) is 5.99. The molecule has 2 rings (SSSR count). The van der Waals surface area contributed by atoms with Gasteiger partial charge in [-0.1, -0.05) is 24.3 Å². The Morgan fingerprint density at radius 1 is 1.28 bits per heavy atom. The van der Waals surface area contributed by atoms with Crippen LogP contribution >= 0.6 is 0 Å². The van der Waals surface area contributed by atoms with Gasteiger partial charge in [0.05, 0.1) is 19.8 Å². The highest BCUT2D eigenvalue weighted by atomic mass is 16.5. The smallest absolute Gasteiger partial charge is 0.246 e. The molecule has 0 radical (unpaired) electrons. The van der Waals surface area contributed by atoms with Gasteiger partial charge in [0, 0.05) is 19.2 Å². The van der Waals surface area contributed by atoms with E-state index in [0.29, 0.717) is 32.0 Å². The molecule has 18 heavy (non-hydrogen) atoms. The lowest BCUT2D eigenvalue weighted by atomic mass is 10.2. The van der Waals surface area contributed by atoms with Crippen molar-refractivity contribution in [2.45, 2.75) is 0 Å². The predicted molar refractivity (Wildman–Crippen MR) is 69.1 cm³/mol. The van der Waals surface area contributed by atoms with Gasteiger partial charge in [-0.25, -0.2) is 4.85 Å². The lowest BCUT2D eigenvalue weighted by Gasteiger charge is -2.25. The molecule has 0 aliphatic carbocycles. The summed E-state index contributed by atoms with van der Waals surface area (Å²) in [5.74, 6) is 0.00700. The van der Waals surface area contributed by atoms with Crippen molar-refractivity contribution >= 4 is 17.7 Å². The van der Waals surface area contributed by atoms with Gasteiger partial charge in [0.1, 0.15) is 0 Å². The maximum atomic E-state index is 11.8. The average Bonchev–Trinajstić information content (AvgIpc) is 2.46. The summed E-state index contributed by atoms with van der Waals surface area (Å²) in [4.78, 5) is 16.9. The van der Waals surface area contributed by atoms with Crippen LogP contribution in [0.5, 0.6) is 0 Å². The Bertz CT molecular complexity index is 480. The molecule has 0 bridgehead atoms. The number of rotatable bonds is 2. The largest absolute Gasteiger partial charge is 0.378 e. The van der Waals surface area contributed by atoms with E-state index in [1.165, 1.54) is 0 Å². The number of carbonyl (C=O) groups excluding carboxylic acids is 1. The Morgan fingerprint density at radius 2 is 1.94 bits per heavy atom. The van der Waals surface area contributed by atoms with Crippen molar-refractivity contribution in [1.29, 1.82) is 0 Å². The summed E-state index contributed by atoms with van der Waals surface area (Å²) in [5.41, 5.74) is 1.52. The topological polar surface area (TPSA) is 33.9 Å². The first-order valence-corrected chi connectivity index (χ1v) is 5.82. The molecule has 1 aliphatic rings. The van der Waals surface area contributed by atoms with Gasteiger partial charge in [0.25, 0.3) is 0 Å². The van der Waals surface area contributed by atoms with Gasteiger partial charge in [0.2, 0.25) is 5.91 Å². The highest BCUT2D eigenvalue weighted by Gasteiger charge is 2.13. The van der Waals surface area contributed by atoms with Gasteiger partial charge >= 0.3 is 0 Å². The third kappa shape index (κ3) is 3.19. The Morgan fingerprint density at radius 3 is 2.56 bits per heavy atom. The number of morpholine rings is 1. The summed E-state index contributed by atoms with van der Waals surface area (Å²) < 4.78 is 5.19. The molecule has 1 heterocycles. The third-order valence-electron chi connectivity index (χ3n) is 2.76. The van der Waals surface area contributed by atoms with Crippen molar-refractivity contribution in [3.05, 3.63) is 47.3 Å². The zero-order valence-electron chi connectivity index (χ0n) is 10.0. The first-order valence-electron chi connectivity index (χ1n) is 5.82. The maximum Gasteiger partial charge on any atom is 0.246 e. The minimum absolute atomic E-state index is 0.00700. The number of ether oxygens (including phenoxy) is 1. The third-order valence-corrected chi connectivity index (χ3v) is 2.76. The van der Waals surface area contributed by atoms with Crippen LogP contribution in [0.2, 0.25) is 0 Å². The summed E-state index contributed by atoms with van der Waals surface area (Å²) >= 11 is 0. The van der Waals surface area contributed by atoms with Crippen molar-refractivity contribution in [2.75, 3.05) is 26.3 Å². The van der Waals surface area contributed by atoms with Crippen molar-refractivity contribution in [2.24, 2.45) is 0 Å². The van der Waals surface area contributed by atoms with Crippen molar-refractivity contribution in [3.8, 4) is 0 Å². The summed E-state index contributed by atoms with van der Waals surface area (Å²) in [7, 11) is 0. The van der Waals surface area contributed by atoms with Gasteiger partial charge in [-0.2, -0.15) is 0 Å². The van der Waals surface area contributed by atoms with E-state index >= 15 is 0 Å². The summed E-state index contributed by atoms with van der Waals surface area (Å²) in [6, 6.07) is 7.14. The van der Waals surface area contributed by atoms with E-state index in [0.717, 1.165) is 5.56 Å². The predicted octanol–water partition coefficient (Wildman–Crippen LogP) is 2.11. The van der Waals surface area contributed by atoms with Crippen LogP contribution in [0.4, 0.5) is 5.69 Å². The molecule has 0 atom stereocenters. The molecule has 1 saturated heterocycles. The molecule has 4 nitrogen and oxygen atoms in total. The van der Waals surface area contributed by atoms with Crippen LogP contribution in [-0.4, -0.2) is 37.1 Å². The number of hydrogen-bond donors (Lipinski definition) is 0. The van der Waals surface area contributed by atoms with Gasteiger partial charge in [0.15, 0.2) is 5.69 Å². The number of amides is 1. The fourth-order valence-corrected chi connectivity index (χ4v) is 1.72. The van der Waals surface area contributed by atoms with Crippen LogP contribution in [0.25, 0.3) is 10.9 Å². The fraction of sp³-hybridized carbons (Fsp3) is 0.286. The van der Waals surface area contributed by atoms with Crippen LogP contribution in [0.15, 0.2) is 30.3 Å². The highest BCUT2D eigenvalue weighted by molar-refractivity contribution is 5.91. The van der Waals surface area contributed by atoms with Crippen LogP contribution in [0, 0.1) is 6.57 Å². The molecule has 1 aromatic carbocycles. The van der Waals surface area contributed by atoms with E-state index in [1.54, 1.807) is 29.2 Å². The zero-order valence-corrected chi connectivity index (χ0v) is 10.0. The van der Waals surface area contributed by atoms with Gasteiger partial charge in [-0.05, 0) is 11.6 Å². The summed E-state index contributed by atoms with van der Waals surface area (Å²) in [6.07, 6.45) is 3.34. The molecule has 92 valence electrons. The Hall–Kier alpha value is -2.12. The Balaban J connectivity index is 1.96. The Labute approximate surface area is 106 Å². The molecule has 0 spiro atoms. The monoisotopic (exact) mass is 242 g/mol. The van der Waals surface area contributed by atoms with E-state index < -0.39 is 0 Å². The molecular formula is C14H14N2O2. The van der Waals surface area contributed by atoms with Crippen molar-refractivity contribution in [1.82, 2.24) is 4.90 Å². The quantitative estimate of drug-likeness (QED) is 0.588. The van der Waals surface area contributed by atoms with Crippen LogP contribution in [0.1, 0.15) is 5.56 Å². The molecule has 1 aromatic rings. The minimum Gasteiger partial charge on any atom is -0.378 e. The van der Waals surface area contributed by atoms with E-state index in [9.17, 15) is 4.79 Å². The van der Waals surface area contributed by atoms with Gasteiger partial charge in [-0.15, -0.1) is 0 Å². The summed E-state index contributed by atoms with van der Waals surface area (Å²) in [6.45, 7) is 9.38. The molecule has 0 aromatic heterocycles. The fourth-order valence-electron chi connectivity index (χ4n) is 1.72. The molecule has 4 heteroatoms. The second-order valence-corrected chi connectivity index (χ2v) is 3.97. The van der Waals surface area contributed by atoms with Gasteiger partial charge < -0.3 is 9.64 Å². The highest BCUT2D eigenvalue weighted by Crippen LogP contribution is 2.13. The number of carbonyl (C=O) groups is 1. The maximum absolute atomic E-state index is 11.8. The lowest BCUT2D eigenvalue weighted by molar-refractivity contribution is -0.129. The lowest BCUT2D eigenvalue weighted by Crippen LogP contribution is -2.39. The number of hydrogen-bond acceptors (Lipinski definition) is 2. The molecule has 0 unspecified atom stereocenters. The second-order valence-electron chi connectivity index (χ2n) is 3.97. The first-order chi connectivity index (χ1) is 8.79. The van der Waals surface area contributed by atoms with E-state index in [4.69, 9.17) is 11.3 Å². The first kappa shape index (κ1) is 12.3.